The second kappa shape index (κ2) is 7.89. The SMILES string of the molecule is CC(=O)c1cnc(SCc2cccc(CC(N)C(=O)O)c2)[nH]c1=O. The van der Waals surface area contributed by atoms with Gasteiger partial charge >= 0.3 is 5.97 Å². The number of carbonyl (C=O) groups is 2. The number of nitrogens with one attached hydrogen (secondary N) is 1. The van der Waals surface area contributed by atoms with E-state index in [0.717, 1.165) is 11.1 Å². The first kappa shape index (κ1) is 17.9. The summed E-state index contributed by atoms with van der Waals surface area (Å²) in [6.07, 6.45) is 1.52. The zero-order chi connectivity index (χ0) is 17.7. The summed E-state index contributed by atoms with van der Waals surface area (Å²) in [7, 11) is 0. The Balaban J connectivity index is 2.04. The number of hydrogen-bond donors (Lipinski definition) is 3. The standard InChI is InChI=1S/C16H17N3O4S/c1-9(20)12-7-18-16(19-14(12)21)24-8-11-4-2-3-10(5-11)6-13(17)15(22)23/h2-5,7,13H,6,8,17H2,1H3,(H,22,23)(H,18,19,21). The summed E-state index contributed by atoms with van der Waals surface area (Å²) in [5.74, 6) is -0.830. The summed E-state index contributed by atoms with van der Waals surface area (Å²) in [4.78, 5) is 40.4. The summed E-state index contributed by atoms with van der Waals surface area (Å²) < 4.78 is 0. The van der Waals surface area contributed by atoms with Gasteiger partial charge in [-0.2, -0.15) is 0 Å². The highest BCUT2D eigenvalue weighted by molar-refractivity contribution is 7.98. The lowest BCUT2D eigenvalue weighted by Crippen LogP contribution is -2.32. The van der Waals surface area contributed by atoms with Gasteiger partial charge in [0, 0.05) is 11.9 Å². The summed E-state index contributed by atoms with van der Waals surface area (Å²) >= 11 is 1.32. The minimum atomic E-state index is -1.04. The fourth-order valence-corrected chi connectivity index (χ4v) is 2.82. The van der Waals surface area contributed by atoms with Crippen LogP contribution in [0.1, 0.15) is 28.4 Å². The maximum absolute atomic E-state index is 11.7. The fourth-order valence-electron chi connectivity index (χ4n) is 2.04. The predicted octanol–water partition coefficient (Wildman–Crippen LogP) is 1.22. The minimum Gasteiger partial charge on any atom is -0.480 e. The van der Waals surface area contributed by atoms with Crippen LogP contribution in [0.15, 0.2) is 40.4 Å². The highest BCUT2D eigenvalue weighted by Crippen LogP contribution is 2.19. The molecule has 1 aromatic carbocycles. The number of aromatic nitrogens is 2. The van der Waals surface area contributed by atoms with Crippen molar-refractivity contribution in [3.05, 3.63) is 57.5 Å². The van der Waals surface area contributed by atoms with Crippen LogP contribution in [0.25, 0.3) is 0 Å². The van der Waals surface area contributed by atoms with Crippen molar-refractivity contribution in [2.45, 2.75) is 30.3 Å². The van der Waals surface area contributed by atoms with Gasteiger partial charge in [0.15, 0.2) is 10.9 Å². The smallest absolute Gasteiger partial charge is 0.320 e. The second-order valence-corrected chi connectivity index (χ2v) is 6.21. The van der Waals surface area contributed by atoms with Crippen molar-refractivity contribution < 1.29 is 14.7 Å². The normalized spacial score (nSPS) is 11.9. The zero-order valence-electron chi connectivity index (χ0n) is 13.0. The topological polar surface area (TPSA) is 126 Å². The van der Waals surface area contributed by atoms with Crippen molar-refractivity contribution in [2.24, 2.45) is 5.73 Å². The first-order valence-corrected chi connectivity index (χ1v) is 8.14. The van der Waals surface area contributed by atoms with Crippen molar-refractivity contribution in [1.82, 2.24) is 9.97 Å². The number of Topliss-reactive ketones (excluding diaryl/α,β-unsaturated/α-hetero) is 1. The molecule has 0 spiro atoms. The Bertz CT molecular complexity index is 819. The lowest BCUT2D eigenvalue weighted by Gasteiger charge is -2.08. The Labute approximate surface area is 142 Å². The minimum absolute atomic E-state index is 0.0315. The van der Waals surface area contributed by atoms with Crippen molar-refractivity contribution in [1.29, 1.82) is 0 Å². The molecule has 1 atom stereocenters. The third kappa shape index (κ3) is 4.77. The lowest BCUT2D eigenvalue weighted by molar-refractivity contribution is -0.138. The molecule has 7 nitrogen and oxygen atoms in total. The largest absolute Gasteiger partial charge is 0.480 e. The number of rotatable bonds is 7. The summed E-state index contributed by atoms with van der Waals surface area (Å²) in [5, 5.41) is 9.27. The Morgan fingerprint density at radius 1 is 1.38 bits per heavy atom. The van der Waals surface area contributed by atoms with Gasteiger partial charge in [-0.1, -0.05) is 36.0 Å². The van der Waals surface area contributed by atoms with Crippen LogP contribution < -0.4 is 11.3 Å². The second-order valence-electron chi connectivity index (χ2n) is 5.24. The van der Waals surface area contributed by atoms with Crippen molar-refractivity contribution >= 4 is 23.5 Å². The van der Waals surface area contributed by atoms with E-state index in [2.05, 4.69) is 9.97 Å². The van der Waals surface area contributed by atoms with Gasteiger partial charge in [0.2, 0.25) is 0 Å². The molecule has 1 heterocycles. The molecule has 0 aliphatic heterocycles. The van der Waals surface area contributed by atoms with E-state index < -0.39 is 17.6 Å². The van der Waals surface area contributed by atoms with Crippen LogP contribution >= 0.6 is 11.8 Å². The maximum atomic E-state index is 11.7. The first-order chi connectivity index (χ1) is 11.4. The van der Waals surface area contributed by atoms with Gasteiger partial charge in [-0.3, -0.25) is 14.4 Å². The first-order valence-electron chi connectivity index (χ1n) is 7.16. The number of nitrogens with zero attached hydrogens (tertiary/aromatic N) is 1. The van der Waals surface area contributed by atoms with Crippen LogP contribution in [0.4, 0.5) is 0 Å². The number of H-pyrrole nitrogens is 1. The van der Waals surface area contributed by atoms with Crippen LogP contribution in [0, 0.1) is 0 Å². The molecule has 1 aromatic heterocycles. The molecule has 24 heavy (non-hydrogen) atoms. The van der Waals surface area contributed by atoms with Gasteiger partial charge < -0.3 is 15.8 Å². The maximum Gasteiger partial charge on any atom is 0.320 e. The van der Waals surface area contributed by atoms with Gasteiger partial charge in [-0.15, -0.1) is 0 Å². The summed E-state index contributed by atoms with van der Waals surface area (Å²) in [6, 6.07) is 6.47. The van der Waals surface area contributed by atoms with E-state index in [0.29, 0.717) is 10.9 Å². The quantitative estimate of drug-likeness (QED) is 0.390. The molecule has 4 N–H and O–H groups in total. The van der Waals surface area contributed by atoms with Gasteiger partial charge in [-0.25, -0.2) is 4.98 Å². The highest BCUT2D eigenvalue weighted by atomic mass is 32.2. The number of carboxylic acids is 1. The monoisotopic (exact) mass is 347 g/mol. The number of thioether (sulfide) groups is 1. The fraction of sp³-hybridized carbons (Fsp3) is 0.250. The van der Waals surface area contributed by atoms with E-state index in [9.17, 15) is 14.4 Å². The molecule has 126 valence electrons. The molecule has 0 bridgehead atoms. The molecule has 2 rings (SSSR count). The molecular weight excluding hydrogens is 330 g/mol. The van der Waals surface area contributed by atoms with Crippen molar-refractivity contribution in [3.63, 3.8) is 0 Å². The number of ketones is 1. The number of benzene rings is 1. The number of carbonyl (C=O) groups excluding carboxylic acids is 1. The molecule has 0 aliphatic carbocycles. The van der Waals surface area contributed by atoms with E-state index >= 15 is 0 Å². The molecule has 1 unspecified atom stereocenters. The van der Waals surface area contributed by atoms with E-state index in [4.69, 9.17) is 10.8 Å². The summed E-state index contributed by atoms with van der Waals surface area (Å²) in [5.41, 5.74) is 6.89. The number of hydrogen-bond acceptors (Lipinski definition) is 6. The molecule has 0 fully saturated rings. The van der Waals surface area contributed by atoms with Crippen LogP contribution in [-0.4, -0.2) is 32.9 Å². The van der Waals surface area contributed by atoms with Crippen molar-refractivity contribution in [2.75, 3.05) is 0 Å². The Morgan fingerprint density at radius 3 is 2.71 bits per heavy atom. The molecule has 0 aliphatic rings. The average Bonchev–Trinajstić information content (AvgIpc) is 2.53. The average molecular weight is 347 g/mol. The van der Waals surface area contributed by atoms with Gasteiger partial charge in [0.1, 0.15) is 11.6 Å². The highest BCUT2D eigenvalue weighted by Gasteiger charge is 2.12. The molecule has 0 radical (unpaired) electrons. The third-order valence-corrected chi connectivity index (χ3v) is 4.25. The van der Waals surface area contributed by atoms with E-state index in [-0.39, 0.29) is 17.8 Å². The number of nitrogens with two attached hydrogens (primary N) is 1. The number of aliphatic carboxylic acids is 1. The summed E-state index contributed by atoms with van der Waals surface area (Å²) in [6.45, 7) is 1.31. The zero-order valence-corrected chi connectivity index (χ0v) is 13.8. The number of carboxylic acid groups (broad SMARTS) is 1. The molecule has 8 heteroatoms. The van der Waals surface area contributed by atoms with Gasteiger partial charge in [-0.05, 0) is 24.5 Å². The van der Waals surface area contributed by atoms with Crippen LogP contribution in [0.5, 0.6) is 0 Å². The molecule has 2 aromatic rings. The molecule has 0 saturated heterocycles. The van der Waals surface area contributed by atoms with E-state index in [1.165, 1.54) is 24.9 Å². The van der Waals surface area contributed by atoms with Gasteiger partial charge in [0.25, 0.3) is 5.56 Å². The van der Waals surface area contributed by atoms with Crippen LogP contribution in [0.3, 0.4) is 0 Å². The number of aromatic amines is 1. The van der Waals surface area contributed by atoms with E-state index in [1.54, 1.807) is 0 Å². The predicted molar refractivity (Wildman–Crippen MR) is 90.2 cm³/mol. The Hall–Kier alpha value is -2.45. The lowest BCUT2D eigenvalue weighted by atomic mass is 10.0. The van der Waals surface area contributed by atoms with Crippen molar-refractivity contribution in [3.8, 4) is 0 Å². The molecule has 0 amide bonds. The van der Waals surface area contributed by atoms with Crippen LogP contribution in [-0.2, 0) is 17.0 Å². The third-order valence-electron chi connectivity index (χ3n) is 3.30. The molecule has 0 saturated carbocycles. The Kier molecular flexibility index (Phi) is 5.88. The van der Waals surface area contributed by atoms with Gasteiger partial charge in [0.05, 0.1) is 0 Å². The Morgan fingerprint density at radius 2 is 2.08 bits per heavy atom. The van der Waals surface area contributed by atoms with E-state index in [1.807, 2.05) is 24.3 Å². The van der Waals surface area contributed by atoms with Crippen LogP contribution in [0.2, 0.25) is 0 Å². The molecular formula is C16H17N3O4S.